The molecular weight excluding hydrogens is 160 g/mol. The Kier molecular flexibility index (Phi) is 2.39. The highest BCUT2D eigenvalue weighted by Gasteiger charge is 2.08. The van der Waals surface area contributed by atoms with Gasteiger partial charge in [0.2, 0.25) is 0 Å². The molecule has 0 radical (unpaired) electrons. The zero-order valence-electron chi connectivity index (χ0n) is 6.56. The minimum Gasteiger partial charge on any atom is -0.207 e. The first kappa shape index (κ1) is 8.66. The smallest absolute Gasteiger partial charge is 0.130 e. The molecule has 0 fully saturated rings. The molecule has 1 nitrogen and oxygen atoms in total. The van der Waals surface area contributed by atoms with Crippen LogP contribution in [0, 0.1) is 23.0 Å². The van der Waals surface area contributed by atoms with Gasteiger partial charge in [-0.1, -0.05) is 6.92 Å². The van der Waals surface area contributed by atoms with E-state index in [1.165, 1.54) is 0 Å². The number of rotatable bonds is 1. The van der Waals surface area contributed by atoms with Gasteiger partial charge in [0.25, 0.3) is 0 Å². The second-order valence-electron chi connectivity index (χ2n) is 2.38. The van der Waals surface area contributed by atoms with Crippen molar-refractivity contribution >= 4 is 0 Å². The van der Waals surface area contributed by atoms with Crippen molar-refractivity contribution in [1.82, 2.24) is 0 Å². The summed E-state index contributed by atoms with van der Waals surface area (Å²) in [5, 5.41) is 8.37. The second kappa shape index (κ2) is 3.31. The Morgan fingerprint density at radius 2 is 1.83 bits per heavy atom. The number of benzene rings is 1. The van der Waals surface area contributed by atoms with Gasteiger partial charge in [0, 0.05) is 5.56 Å². The first-order chi connectivity index (χ1) is 5.69. The third-order valence-electron chi connectivity index (χ3n) is 1.62. The van der Waals surface area contributed by atoms with Crippen LogP contribution in [-0.4, -0.2) is 0 Å². The van der Waals surface area contributed by atoms with Crippen LogP contribution in [0.15, 0.2) is 12.1 Å². The van der Waals surface area contributed by atoms with Crippen LogP contribution in [-0.2, 0) is 6.42 Å². The number of nitriles is 1. The lowest BCUT2D eigenvalue weighted by Crippen LogP contribution is -1.94. The molecule has 0 aromatic heterocycles. The van der Waals surface area contributed by atoms with Gasteiger partial charge in [-0.25, -0.2) is 8.78 Å². The van der Waals surface area contributed by atoms with Crippen molar-refractivity contribution in [2.45, 2.75) is 13.3 Å². The average Bonchev–Trinajstić information content (AvgIpc) is 2.03. The third kappa shape index (κ3) is 1.42. The normalized spacial score (nSPS) is 9.50. The molecule has 62 valence electrons. The van der Waals surface area contributed by atoms with E-state index in [2.05, 4.69) is 0 Å². The Balaban J connectivity index is 3.30. The van der Waals surface area contributed by atoms with E-state index >= 15 is 0 Å². The summed E-state index contributed by atoms with van der Waals surface area (Å²) in [6.45, 7) is 1.66. The topological polar surface area (TPSA) is 23.8 Å². The first-order valence-electron chi connectivity index (χ1n) is 3.57. The molecule has 1 aromatic carbocycles. The fourth-order valence-electron chi connectivity index (χ4n) is 1.01. The van der Waals surface area contributed by atoms with Crippen molar-refractivity contribution in [1.29, 1.82) is 5.26 Å². The van der Waals surface area contributed by atoms with E-state index < -0.39 is 11.6 Å². The molecule has 0 heterocycles. The fourth-order valence-corrected chi connectivity index (χ4v) is 1.01. The van der Waals surface area contributed by atoms with Crippen molar-refractivity contribution in [2.24, 2.45) is 0 Å². The van der Waals surface area contributed by atoms with Crippen LogP contribution in [0.2, 0.25) is 0 Å². The molecule has 0 aliphatic carbocycles. The molecule has 0 bridgehead atoms. The molecular formula is C9H7F2N. The molecule has 0 N–H and O–H groups in total. The Morgan fingerprint density at radius 1 is 1.33 bits per heavy atom. The first-order valence-corrected chi connectivity index (χ1v) is 3.57. The molecule has 12 heavy (non-hydrogen) atoms. The summed E-state index contributed by atoms with van der Waals surface area (Å²) in [6.07, 6.45) is 0.295. The fraction of sp³-hybridized carbons (Fsp3) is 0.222. The molecule has 0 unspecified atom stereocenters. The summed E-state index contributed by atoms with van der Waals surface area (Å²) in [5.74, 6) is -1.29. The highest BCUT2D eigenvalue weighted by molar-refractivity contribution is 5.34. The number of hydrogen-bond donors (Lipinski definition) is 0. The van der Waals surface area contributed by atoms with E-state index in [-0.39, 0.29) is 11.1 Å². The van der Waals surface area contributed by atoms with Crippen LogP contribution in [0.4, 0.5) is 8.78 Å². The molecule has 3 heteroatoms. The van der Waals surface area contributed by atoms with Crippen LogP contribution in [0.3, 0.4) is 0 Å². The van der Waals surface area contributed by atoms with E-state index in [1.54, 1.807) is 13.0 Å². The minimum atomic E-state index is -0.644. The maximum atomic E-state index is 12.9. The lowest BCUT2D eigenvalue weighted by Gasteiger charge is -2.00. The molecule has 0 spiro atoms. The van der Waals surface area contributed by atoms with Gasteiger partial charge in [-0.3, -0.25) is 0 Å². The predicted octanol–water partition coefficient (Wildman–Crippen LogP) is 2.40. The van der Waals surface area contributed by atoms with Crippen molar-refractivity contribution in [3.05, 3.63) is 34.9 Å². The Labute approximate surface area is 69.2 Å². The van der Waals surface area contributed by atoms with Gasteiger partial charge in [-0.2, -0.15) is 5.26 Å². The van der Waals surface area contributed by atoms with Crippen molar-refractivity contribution in [2.75, 3.05) is 0 Å². The minimum absolute atomic E-state index is 0.0159. The number of nitrogens with zero attached hydrogens (tertiary/aromatic N) is 1. The average molecular weight is 167 g/mol. The largest absolute Gasteiger partial charge is 0.207 e. The lowest BCUT2D eigenvalue weighted by atomic mass is 10.1. The molecule has 0 atom stereocenters. The summed E-state index contributed by atoms with van der Waals surface area (Å²) in [5.41, 5.74) is 0.0520. The Bertz CT molecular complexity index is 316. The number of hydrogen-bond acceptors (Lipinski definition) is 1. The predicted molar refractivity (Wildman–Crippen MR) is 40.5 cm³/mol. The molecule has 1 rings (SSSR count). The SMILES string of the molecule is CCc1c(F)cc(C#N)cc1F. The van der Waals surface area contributed by atoms with Gasteiger partial charge in [0.15, 0.2) is 0 Å². The monoisotopic (exact) mass is 167 g/mol. The standard InChI is InChI=1S/C9H7F2N/c1-2-7-8(10)3-6(5-12)4-9(7)11/h3-4H,2H2,1H3. The van der Waals surface area contributed by atoms with E-state index in [0.717, 1.165) is 12.1 Å². The Hall–Kier alpha value is -1.43. The summed E-state index contributed by atoms with van der Waals surface area (Å²) < 4.78 is 25.8. The van der Waals surface area contributed by atoms with E-state index in [1.807, 2.05) is 0 Å². The quantitative estimate of drug-likeness (QED) is 0.630. The van der Waals surface area contributed by atoms with Gasteiger partial charge in [0.1, 0.15) is 11.6 Å². The van der Waals surface area contributed by atoms with Gasteiger partial charge in [-0.05, 0) is 18.6 Å². The van der Waals surface area contributed by atoms with Crippen molar-refractivity contribution in [3.63, 3.8) is 0 Å². The van der Waals surface area contributed by atoms with Crippen molar-refractivity contribution < 1.29 is 8.78 Å². The summed E-state index contributed by atoms with van der Waals surface area (Å²) >= 11 is 0. The van der Waals surface area contributed by atoms with Gasteiger partial charge in [0.05, 0.1) is 11.6 Å². The summed E-state index contributed by atoms with van der Waals surface area (Å²) in [6, 6.07) is 3.77. The van der Waals surface area contributed by atoms with E-state index in [0.29, 0.717) is 6.42 Å². The highest BCUT2D eigenvalue weighted by Crippen LogP contribution is 2.15. The zero-order valence-corrected chi connectivity index (χ0v) is 6.56. The molecule has 0 amide bonds. The van der Waals surface area contributed by atoms with Gasteiger partial charge >= 0.3 is 0 Å². The van der Waals surface area contributed by atoms with Crippen LogP contribution in [0.1, 0.15) is 18.1 Å². The summed E-state index contributed by atoms with van der Waals surface area (Å²) in [7, 11) is 0. The molecule has 0 saturated carbocycles. The second-order valence-corrected chi connectivity index (χ2v) is 2.38. The maximum Gasteiger partial charge on any atom is 0.130 e. The zero-order chi connectivity index (χ0) is 9.14. The Morgan fingerprint density at radius 3 is 2.17 bits per heavy atom. The van der Waals surface area contributed by atoms with Crippen LogP contribution >= 0.6 is 0 Å². The van der Waals surface area contributed by atoms with E-state index in [9.17, 15) is 8.78 Å². The van der Waals surface area contributed by atoms with Crippen LogP contribution in [0.25, 0.3) is 0 Å². The van der Waals surface area contributed by atoms with Crippen LogP contribution < -0.4 is 0 Å². The number of halogens is 2. The highest BCUT2D eigenvalue weighted by atomic mass is 19.1. The van der Waals surface area contributed by atoms with Gasteiger partial charge < -0.3 is 0 Å². The summed E-state index contributed by atoms with van der Waals surface area (Å²) in [4.78, 5) is 0. The molecule has 0 aliphatic rings. The molecule has 0 saturated heterocycles. The maximum absolute atomic E-state index is 12.9. The molecule has 0 aliphatic heterocycles. The van der Waals surface area contributed by atoms with Crippen molar-refractivity contribution in [3.8, 4) is 6.07 Å². The third-order valence-corrected chi connectivity index (χ3v) is 1.62. The van der Waals surface area contributed by atoms with E-state index in [4.69, 9.17) is 5.26 Å². The van der Waals surface area contributed by atoms with Gasteiger partial charge in [-0.15, -0.1) is 0 Å². The van der Waals surface area contributed by atoms with Crippen LogP contribution in [0.5, 0.6) is 0 Å². The molecule has 1 aromatic rings. The lowest BCUT2D eigenvalue weighted by molar-refractivity contribution is 0.558.